The molecular formula is C19H29NO6. The zero-order valence-corrected chi connectivity index (χ0v) is 15.5. The maximum absolute atomic E-state index is 10.8. The first-order chi connectivity index (χ1) is 12.4. The van der Waals surface area contributed by atoms with E-state index in [1.807, 2.05) is 6.92 Å². The van der Waals surface area contributed by atoms with Gasteiger partial charge in [0.1, 0.15) is 6.42 Å². The Morgan fingerprint density at radius 3 is 2.12 bits per heavy atom. The van der Waals surface area contributed by atoms with Gasteiger partial charge in [0.25, 0.3) is 0 Å². The van der Waals surface area contributed by atoms with Crippen molar-refractivity contribution in [2.45, 2.75) is 33.1 Å². The van der Waals surface area contributed by atoms with Crippen molar-refractivity contribution in [3.8, 4) is 0 Å². The lowest BCUT2D eigenvalue weighted by atomic mass is 10.2. The molecule has 0 spiro atoms. The number of carbonyl (C=O) groups is 2. The molecule has 0 amide bonds. The van der Waals surface area contributed by atoms with Crippen molar-refractivity contribution in [3.05, 3.63) is 42.2 Å². The van der Waals surface area contributed by atoms with E-state index in [1.54, 1.807) is 25.1 Å². The van der Waals surface area contributed by atoms with E-state index >= 15 is 0 Å². The topological polar surface area (TPSA) is 108 Å². The number of hydrogen-bond acceptors (Lipinski definition) is 6. The highest BCUT2D eigenvalue weighted by Crippen LogP contribution is 2.09. The monoisotopic (exact) mass is 367 g/mol. The largest absolute Gasteiger partial charge is 0.498 e. The van der Waals surface area contributed by atoms with Crippen LogP contribution in [0.1, 0.15) is 43.5 Å². The molecule has 0 atom stereocenters. The predicted octanol–water partition coefficient (Wildman–Crippen LogP) is 3.25. The molecule has 26 heavy (non-hydrogen) atoms. The van der Waals surface area contributed by atoms with Crippen LogP contribution >= 0.6 is 0 Å². The minimum atomic E-state index is -0.988. The average Bonchev–Trinajstić information content (AvgIpc) is 3.15. The number of hydrogen-bond donors (Lipinski definition) is 2. The minimum absolute atomic E-state index is 0.154. The maximum atomic E-state index is 10.8. The van der Waals surface area contributed by atoms with E-state index in [9.17, 15) is 9.59 Å². The molecule has 3 N–H and O–H groups in total. The molecule has 0 radical (unpaired) electrons. The summed E-state index contributed by atoms with van der Waals surface area (Å²) >= 11 is 0. The maximum Gasteiger partial charge on any atom is 0.337 e. The molecule has 7 nitrogen and oxygen atoms in total. The number of carbonyl (C=O) groups excluding carboxylic acids is 1. The summed E-state index contributed by atoms with van der Waals surface area (Å²) in [4.78, 5) is 21.1. The van der Waals surface area contributed by atoms with Crippen LogP contribution in [0.4, 0.5) is 5.69 Å². The standard InChI is InChI=1S/C8H14O3.C7H7NO2.C4H8O/c1-4-10-7(3)6-8(9)11-5-2;8-6-4-2-1-3-5(6)7(9)10;1-2-4-5-3-1/h3-6H2,1-2H3;1-4H,8H2,(H,9,10);1-4H2. The second kappa shape index (κ2) is 14.8. The summed E-state index contributed by atoms with van der Waals surface area (Å²) in [5.41, 5.74) is 5.80. The second-order valence-corrected chi connectivity index (χ2v) is 5.17. The molecule has 7 heteroatoms. The highest BCUT2D eigenvalue weighted by molar-refractivity contribution is 5.93. The Hall–Kier alpha value is -2.54. The van der Waals surface area contributed by atoms with E-state index in [0.717, 1.165) is 13.2 Å². The lowest BCUT2D eigenvalue weighted by Crippen LogP contribution is -2.06. The van der Waals surface area contributed by atoms with Gasteiger partial charge in [-0.3, -0.25) is 4.79 Å². The van der Waals surface area contributed by atoms with Gasteiger partial charge in [-0.1, -0.05) is 18.7 Å². The molecule has 0 aliphatic carbocycles. The highest BCUT2D eigenvalue weighted by Gasteiger charge is 2.04. The fraction of sp³-hybridized carbons (Fsp3) is 0.474. The van der Waals surface area contributed by atoms with Gasteiger partial charge in [-0.05, 0) is 38.8 Å². The third-order valence-electron chi connectivity index (χ3n) is 3.01. The summed E-state index contributed by atoms with van der Waals surface area (Å²) in [5, 5.41) is 8.49. The molecule has 0 saturated carbocycles. The summed E-state index contributed by atoms with van der Waals surface area (Å²) in [6.07, 6.45) is 2.71. The van der Waals surface area contributed by atoms with Crippen molar-refractivity contribution in [2.75, 3.05) is 32.2 Å². The predicted molar refractivity (Wildman–Crippen MR) is 99.9 cm³/mol. The van der Waals surface area contributed by atoms with Crippen molar-refractivity contribution in [3.63, 3.8) is 0 Å². The fourth-order valence-corrected chi connectivity index (χ4v) is 1.83. The Balaban J connectivity index is 0.000000382. The SMILES string of the molecule is C1CCOC1.C=C(CC(=O)OCC)OCC.Nc1ccccc1C(=O)O. The third kappa shape index (κ3) is 11.9. The zero-order chi connectivity index (χ0) is 19.8. The molecular weight excluding hydrogens is 338 g/mol. The molecule has 1 aromatic rings. The molecule has 1 aromatic carbocycles. The van der Waals surface area contributed by atoms with Crippen LogP contribution in [0.25, 0.3) is 0 Å². The molecule has 0 unspecified atom stereocenters. The van der Waals surface area contributed by atoms with Crippen molar-refractivity contribution in [1.82, 2.24) is 0 Å². The van der Waals surface area contributed by atoms with E-state index in [4.69, 9.17) is 20.3 Å². The number of nitrogen functional groups attached to an aromatic ring is 1. The molecule has 0 aromatic heterocycles. The number of carboxylic acids is 1. The lowest BCUT2D eigenvalue weighted by Gasteiger charge is -2.05. The van der Waals surface area contributed by atoms with Gasteiger partial charge in [0, 0.05) is 18.9 Å². The normalized spacial score (nSPS) is 11.9. The van der Waals surface area contributed by atoms with Crippen LogP contribution in [-0.2, 0) is 19.0 Å². The van der Waals surface area contributed by atoms with Crippen molar-refractivity contribution in [1.29, 1.82) is 0 Å². The number of rotatable bonds is 6. The first-order valence-electron chi connectivity index (χ1n) is 8.54. The number of ether oxygens (including phenoxy) is 3. The van der Waals surface area contributed by atoms with E-state index < -0.39 is 5.97 Å². The molecule has 1 fully saturated rings. The van der Waals surface area contributed by atoms with E-state index in [1.165, 1.54) is 18.9 Å². The van der Waals surface area contributed by atoms with Gasteiger partial charge in [-0.25, -0.2) is 4.79 Å². The number of esters is 1. The quantitative estimate of drug-likeness (QED) is 0.451. The first kappa shape index (κ1) is 23.5. The van der Waals surface area contributed by atoms with Gasteiger partial charge >= 0.3 is 11.9 Å². The van der Waals surface area contributed by atoms with Crippen LogP contribution in [-0.4, -0.2) is 43.5 Å². The van der Waals surface area contributed by atoms with E-state index in [2.05, 4.69) is 11.3 Å². The number of para-hydroxylation sites is 1. The summed E-state index contributed by atoms with van der Waals surface area (Å²) in [5.74, 6) is -0.810. The van der Waals surface area contributed by atoms with Gasteiger partial charge in [0.2, 0.25) is 0 Å². The summed E-state index contributed by atoms with van der Waals surface area (Å²) in [7, 11) is 0. The van der Waals surface area contributed by atoms with Crippen LogP contribution in [0.2, 0.25) is 0 Å². The summed E-state index contributed by atoms with van der Waals surface area (Å²) in [6, 6.07) is 6.36. The van der Waals surface area contributed by atoms with Crippen molar-refractivity contribution < 1.29 is 28.9 Å². The first-order valence-corrected chi connectivity index (χ1v) is 8.54. The Morgan fingerprint density at radius 1 is 1.15 bits per heavy atom. The van der Waals surface area contributed by atoms with Crippen LogP contribution < -0.4 is 5.73 Å². The fourth-order valence-electron chi connectivity index (χ4n) is 1.83. The van der Waals surface area contributed by atoms with Crippen LogP contribution in [0.3, 0.4) is 0 Å². The third-order valence-corrected chi connectivity index (χ3v) is 3.01. The van der Waals surface area contributed by atoms with Crippen molar-refractivity contribution >= 4 is 17.6 Å². The van der Waals surface area contributed by atoms with Crippen molar-refractivity contribution in [2.24, 2.45) is 0 Å². The molecule has 1 aliphatic heterocycles. The van der Waals surface area contributed by atoms with Crippen LogP contribution in [0.5, 0.6) is 0 Å². The molecule has 1 heterocycles. The van der Waals surface area contributed by atoms with E-state index in [0.29, 0.717) is 24.7 Å². The smallest absolute Gasteiger partial charge is 0.337 e. The number of carboxylic acid groups (broad SMARTS) is 1. The van der Waals surface area contributed by atoms with Crippen LogP contribution in [0.15, 0.2) is 36.6 Å². The molecule has 1 aliphatic rings. The van der Waals surface area contributed by atoms with Gasteiger partial charge in [-0.15, -0.1) is 0 Å². The minimum Gasteiger partial charge on any atom is -0.498 e. The zero-order valence-electron chi connectivity index (χ0n) is 15.5. The molecule has 146 valence electrons. The van der Waals surface area contributed by atoms with Gasteiger partial charge in [0.15, 0.2) is 0 Å². The number of anilines is 1. The highest BCUT2D eigenvalue weighted by atomic mass is 16.5. The number of aromatic carboxylic acids is 1. The number of nitrogens with two attached hydrogens (primary N) is 1. The van der Waals surface area contributed by atoms with Crippen LogP contribution in [0, 0.1) is 0 Å². The Labute approximate surface area is 154 Å². The van der Waals surface area contributed by atoms with Gasteiger partial charge < -0.3 is 25.1 Å². The molecule has 2 rings (SSSR count). The lowest BCUT2D eigenvalue weighted by molar-refractivity contribution is -0.143. The molecule has 0 bridgehead atoms. The summed E-state index contributed by atoms with van der Waals surface area (Å²) < 4.78 is 14.6. The Bertz CT molecular complexity index is 531. The van der Waals surface area contributed by atoms with Gasteiger partial charge in [0.05, 0.1) is 24.5 Å². The Morgan fingerprint density at radius 2 is 1.73 bits per heavy atom. The Kier molecular flexibility index (Phi) is 13.3. The van der Waals surface area contributed by atoms with E-state index in [-0.39, 0.29) is 18.0 Å². The second-order valence-electron chi connectivity index (χ2n) is 5.17. The molecule has 1 saturated heterocycles. The average molecular weight is 367 g/mol. The van der Waals surface area contributed by atoms with Gasteiger partial charge in [-0.2, -0.15) is 0 Å². The summed E-state index contributed by atoms with van der Waals surface area (Å²) in [6.45, 7) is 10.1. The number of benzene rings is 1.